The van der Waals surface area contributed by atoms with Gasteiger partial charge in [-0.1, -0.05) is 0 Å². The number of carboxylic acids is 1. The molecule has 0 aromatic carbocycles. The fourth-order valence-corrected chi connectivity index (χ4v) is 0.870. The van der Waals surface area contributed by atoms with Gasteiger partial charge in [-0.3, -0.25) is 0 Å². The Morgan fingerprint density at radius 1 is 1.31 bits per heavy atom. The normalized spacial score (nSPS) is 10.2. The summed E-state index contributed by atoms with van der Waals surface area (Å²) < 4.78 is 0. The minimum Gasteiger partial charge on any atom is -0.476 e. The summed E-state index contributed by atoms with van der Waals surface area (Å²) in [7, 11) is 0. The van der Waals surface area contributed by atoms with Crippen molar-refractivity contribution in [3.63, 3.8) is 0 Å². The van der Waals surface area contributed by atoms with Gasteiger partial charge in [-0.2, -0.15) is 0 Å². The topological polar surface area (TPSA) is 88.9 Å². The summed E-state index contributed by atoms with van der Waals surface area (Å²) in [6, 6.07) is 0. The van der Waals surface area contributed by atoms with Gasteiger partial charge in [0.25, 0.3) is 0 Å². The zero-order valence-corrected chi connectivity index (χ0v) is 6.38. The second-order valence-corrected chi connectivity index (χ2v) is 2.29. The Morgan fingerprint density at radius 3 is 2.92 bits per heavy atom. The number of carbonyl (C=O) groups is 1. The van der Waals surface area contributed by atoms with E-state index in [1.807, 2.05) is 0 Å². The number of nitrogens with zero attached hydrogens (tertiary/aromatic N) is 4. The molecule has 0 radical (unpaired) electrons. The van der Waals surface area contributed by atoms with Gasteiger partial charge in [0.05, 0.1) is 12.4 Å². The van der Waals surface area contributed by atoms with Gasteiger partial charge in [0, 0.05) is 0 Å². The predicted octanol–water partition coefficient (Wildman–Crippen LogP) is 0.118. The van der Waals surface area contributed by atoms with Crippen LogP contribution in [-0.2, 0) is 0 Å². The van der Waals surface area contributed by atoms with Crippen molar-refractivity contribution < 1.29 is 9.90 Å². The molecule has 0 spiro atoms. The summed E-state index contributed by atoms with van der Waals surface area (Å²) in [5.41, 5.74) is 0.647. The summed E-state index contributed by atoms with van der Waals surface area (Å²) in [5, 5.41) is 8.60. The Balaban J connectivity index is 2.69. The van der Waals surface area contributed by atoms with E-state index in [1.165, 1.54) is 18.7 Å². The monoisotopic (exact) mass is 176 g/mol. The molecule has 1 N–H and O–H groups in total. The number of aromatic nitrogens is 4. The van der Waals surface area contributed by atoms with Crippen LogP contribution in [0.15, 0.2) is 18.7 Å². The van der Waals surface area contributed by atoms with Gasteiger partial charge in [-0.05, 0) is 0 Å². The zero-order chi connectivity index (χ0) is 9.26. The van der Waals surface area contributed by atoms with Crippen molar-refractivity contribution in [2.24, 2.45) is 0 Å². The Bertz CT molecular complexity index is 471. The van der Waals surface area contributed by atoms with Gasteiger partial charge in [0.2, 0.25) is 0 Å². The zero-order valence-electron chi connectivity index (χ0n) is 6.38. The average Bonchev–Trinajstić information content (AvgIpc) is 2.17. The lowest BCUT2D eigenvalue weighted by molar-refractivity contribution is 0.0690. The van der Waals surface area contributed by atoms with Crippen molar-refractivity contribution in [1.82, 2.24) is 19.9 Å². The number of fused-ring (bicyclic) bond motifs is 1. The number of hydrogen-bond acceptors (Lipinski definition) is 5. The highest BCUT2D eigenvalue weighted by atomic mass is 16.4. The van der Waals surface area contributed by atoms with E-state index in [2.05, 4.69) is 19.9 Å². The van der Waals surface area contributed by atoms with Crippen LogP contribution in [0.2, 0.25) is 0 Å². The minimum absolute atomic E-state index is 0.119. The van der Waals surface area contributed by atoms with Crippen LogP contribution in [0.5, 0.6) is 0 Å². The lowest BCUT2D eigenvalue weighted by atomic mass is 10.4. The van der Waals surface area contributed by atoms with Gasteiger partial charge in [0.15, 0.2) is 11.3 Å². The summed E-state index contributed by atoms with van der Waals surface area (Å²) in [6.45, 7) is 0. The molecule has 0 saturated carbocycles. The fourth-order valence-electron chi connectivity index (χ4n) is 0.870. The van der Waals surface area contributed by atoms with E-state index in [-0.39, 0.29) is 11.3 Å². The summed E-state index contributed by atoms with van der Waals surface area (Å²) in [4.78, 5) is 25.6. The third kappa shape index (κ3) is 1.28. The summed E-state index contributed by atoms with van der Waals surface area (Å²) >= 11 is 0. The van der Waals surface area contributed by atoms with Crippen LogP contribution in [0.25, 0.3) is 11.2 Å². The lowest BCUT2D eigenvalue weighted by Gasteiger charge is -1.94. The number of aromatic carboxylic acids is 1. The Hall–Kier alpha value is -2.11. The van der Waals surface area contributed by atoms with Crippen LogP contribution in [-0.4, -0.2) is 31.0 Å². The van der Waals surface area contributed by atoms with Gasteiger partial charge in [-0.15, -0.1) is 0 Å². The van der Waals surface area contributed by atoms with Crippen molar-refractivity contribution >= 4 is 17.1 Å². The van der Waals surface area contributed by atoms with E-state index in [0.717, 1.165) is 0 Å². The molecule has 0 amide bonds. The van der Waals surface area contributed by atoms with E-state index < -0.39 is 5.97 Å². The molecule has 0 aliphatic rings. The van der Waals surface area contributed by atoms with E-state index in [1.54, 1.807) is 0 Å². The third-order valence-corrected chi connectivity index (χ3v) is 1.44. The molecule has 0 fully saturated rings. The van der Waals surface area contributed by atoms with E-state index >= 15 is 0 Å². The molecule has 0 aliphatic heterocycles. The summed E-state index contributed by atoms with van der Waals surface area (Å²) in [6.07, 6.45) is 3.94. The molecule has 6 nitrogen and oxygen atoms in total. The molecule has 0 aliphatic carbocycles. The Kier molecular flexibility index (Phi) is 1.59. The quantitative estimate of drug-likeness (QED) is 0.663. The molecule has 2 heterocycles. The second-order valence-electron chi connectivity index (χ2n) is 2.29. The van der Waals surface area contributed by atoms with Crippen LogP contribution in [0.4, 0.5) is 0 Å². The van der Waals surface area contributed by atoms with Gasteiger partial charge < -0.3 is 5.11 Å². The smallest absolute Gasteiger partial charge is 0.356 e. The van der Waals surface area contributed by atoms with Crippen LogP contribution in [0.3, 0.4) is 0 Å². The maximum Gasteiger partial charge on any atom is 0.356 e. The highest BCUT2D eigenvalue weighted by molar-refractivity contribution is 5.86. The summed E-state index contributed by atoms with van der Waals surface area (Å²) in [5.74, 6) is -1.12. The standard InChI is InChI=1S/C7H4N4O2/c12-7(13)5-2-9-4-1-8-3-10-6(4)11-5/h1-3H,(H,12,13). The van der Waals surface area contributed by atoms with Crippen molar-refractivity contribution in [2.45, 2.75) is 0 Å². The first-order valence-corrected chi connectivity index (χ1v) is 3.43. The lowest BCUT2D eigenvalue weighted by Crippen LogP contribution is -2.02. The predicted molar refractivity (Wildman–Crippen MR) is 42.1 cm³/mol. The molecule has 0 unspecified atom stereocenters. The number of carboxylic acid groups (broad SMARTS) is 1. The Labute approximate surface area is 72.3 Å². The molecule has 13 heavy (non-hydrogen) atoms. The van der Waals surface area contributed by atoms with Crippen LogP contribution < -0.4 is 0 Å². The molecular weight excluding hydrogens is 172 g/mol. The Morgan fingerprint density at radius 2 is 2.15 bits per heavy atom. The molecule has 2 aromatic rings. The first-order chi connectivity index (χ1) is 6.27. The van der Waals surface area contributed by atoms with E-state index in [9.17, 15) is 4.79 Å². The molecule has 6 heteroatoms. The van der Waals surface area contributed by atoms with Crippen LogP contribution >= 0.6 is 0 Å². The van der Waals surface area contributed by atoms with E-state index in [0.29, 0.717) is 5.52 Å². The van der Waals surface area contributed by atoms with Crippen molar-refractivity contribution in [2.75, 3.05) is 0 Å². The maximum atomic E-state index is 10.5. The van der Waals surface area contributed by atoms with Crippen LogP contribution in [0.1, 0.15) is 10.5 Å². The van der Waals surface area contributed by atoms with Gasteiger partial charge in [0.1, 0.15) is 11.8 Å². The second kappa shape index (κ2) is 2.74. The molecule has 0 atom stereocenters. The highest BCUT2D eigenvalue weighted by Crippen LogP contribution is 2.03. The number of hydrogen-bond donors (Lipinski definition) is 1. The highest BCUT2D eigenvalue weighted by Gasteiger charge is 2.06. The molecule has 0 saturated heterocycles. The first-order valence-electron chi connectivity index (χ1n) is 3.43. The maximum absolute atomic E-state index is 10.5. The largest absolute Gasteiger partial charge is 0.476 e. The number of rotatable bonds is 1. The minimum atomic E-state index is -1.12. The molecule has 2 aromatic heterocycles. The molecule has 2 rings (SSSR count). The third-order valence-electron chi connectivity index (χ3n) is 1.44. The van der Waals surface area contributed by atoms with Crippen LogP contribution in [0, 0.1) is 0 Å². The van der Waals surface area contributed by atoms with Crippen molar-refractivity contribution in [3.05, 3.63) is 24.4 Å². The fraction of sp³-hybridized carbons (Fsp3) is 0. The molecule has 0 bridgehead atoms. The van der Waals surface area contributed by atoms with Gasteiger partial charge >= 0.3 is 5.97 Å². The van der Waals surface area contributed by atoms with Gasteiger partial charge in [-0.25, -0.2) is 24.7 Å². The SMILES string of the molecule is O=C(O)c1cnc2cncnc2n1. The molecular formula is C7H4N4O2. The van der Waals surface area contributed by atoms with Crippen molar-refractivity contribution in [3.8, 4) is 0 Å². The van der Waals surface area contributed by atoms with E-state index in [4.69, 9.17) is 5.11 Å². The molecule has 64 valence electrons. The first kappa shape index (κ1) is 7.53. The average molecular weight is 176 g/mol. The van der Waals surface area contributed by atoms with Crippen molar-refractivity contribution in [1.29, 1.82) is 0 Å².